The molecule has 0 aliphatic heterocycles. The molecule has 4 aromatic rings. The summed E-state index contributed by atoms with van der Waals surface area (Å²) in [5.41, 5.74) is 1.71. The maximum atomic E-state index is 14.4. The van der Waals surface area contributed by atoms with E-state index >= 15 is 0 Å². The summed E-state index contributed by atoms with van der Waals surface area (Å²) >= 11 is 3.38. The molecule has 4 rings (SSSR count). The first kappa shape index (κ1) is 32.9. The van der Waals surface area contributed by atoms with Crippen LogP contribution in [-0.2, 0) is 32.6 Å². The zero-order valence-electron chi connectivity index (χ0n) is 24.6. The Balaban J connectivity index is 1.79. The molecule has 0 heterocycles. The zero-order chi connectivity index (χ0) is 31.7. The second-order valence-corrected chi connectivity index (χ2v) is 13.3. The lowest BCUT2D eigenvalue weighted by Gasteiger charge is -2.34. The van der Waals surface area contributed by atoms with Crippen LogP contribution in [0.4, 0.5) is 10.1 Å². The first-order chi connectivity index (χ1) is 21.1. The SMILES string of the molecule is CC[C@H](C)NC(=O)[C@H](Cc1ccccc1)N(Cc1ccc(F)cc1)C(=O)CN(c1ccc(Br)cc1)S(=O)(=O)c1ccccc1. The molecule has 0 saturated heterocycles. The predicted octanol–water partition coefficient (Wildman–Crippen LogP) is 6.34. The van der Waals surface area contributed by atoms with Gasteiger partial charge in [0, 0.05) is 23.5 Å². The molecule has 2 atom stereocenters. The molecule has 0 bridgehead atoms. The molecular weight excluding hydrogens is 645 g/mol. The van der Waals surface area contributed by atoms with E-state index < -0.39 is 34.3 Å². The molecule has 0 unspecified atom stereocenters. The van der Waals surface area contributed by atoms with E-state index in [1.54, 1.807) is 54.6 Å². The summed E-state index contributed by atoms with van der Waals surface area (Å²) in [4.78, 5) is 29.6. The molecule has 7 nitrogen and oxygen atoms in total. The third-order valence-electron chi connectivity index (χ3n) is 7.26. The average Bonchev–Trinajstić information content (AvgIpc) is 3.03. The van der Waals surface area contributed by atoms with Crippen molar-refractivity contribution in [2.24, 2.45) is 0 Å². The van der Waals surface area contributed by atoms with Crippen molar-refractivity contribution in [1.82, 2.24) is 10.2 Å². The van der Waals surface area contributed by atoms with Crippen molar-refractivity contribution in [3.05, 3.63) is 131 Å². The average molecular weight is 681 g/mol. The molecule has 44 heavy (non-hydrogen) atoms. The lowest BCUT2D eigenvalue weighted by atomic mass is 10.0. The molecule has 0 saturated carbocycles. The Kier molecular flexibility index (Phi) is 11.3. The van der Waals surface area contributed by atoms with Gasteiger partial charge in [0.15, 0.2) is 0 Å². The molecular formula is C34H35BrFN3O4S. The minimum Gasteiger partial charge on any atom is -0.352 e. The largest absolute Gasteiger partial charge is 0.352 e. The van der Waals surface area contributed by atoms with Crippen molar-refractivity contribution >= 4 is 43.5 Å². The highest BCUT2D eigenvalue weighted by molar-refractivity contribution is 9.10. The van der Waals surface area contributed by atoms with Gasteiger partial charge in [-0.1, -0.05) is 83.5 Å². The maximum Gasteiger partial charge on any atom is 0.264 e. The Morgan fingerprint density at radius 2 is 1.43 bits per heavy atom. The van der Waals surface area contributed by atoms with Crippen LogP contribution in [0.5, 0.6) is 0 Å². The topological polar surface area (TPSA) is 86.8 Å². The van der Waals surface area contributed by atoms with Crippen LogP contribution in [-0.4, -0.2) is 43.8 Å². The van der Waals surface area contributed by atoms with Gasteiger partial charge in [-0.15, -0.1) is 0 Å². The predicted molar refractivity (Wildman–Crippen MR) is 174 cm³/mol. The third kappa shape index (κ3) is 8.54. The number of halogens is 2. The molecule has 10 heteroatoms. The van der Waals surface area contributed by atoms with Crippen molar-refractivity contribution in [2.75, 3.05) is 10.8 Å². The molecule has 0 fully saturated rings. The van der Waals surface area contributed by atoms with E-state index in [9.17, 15) is 22.4 Å². The van der Waals surface area contributed by atoms with Crippen LogP contribution in [0.2, 0.25) is 0 Å². The van der Waals surface area contributed by atoms with E-state index in [0.29, 0.717) is 12.0 Å². The van der Waals surface area contributed by atoms with Crippen molar-refractivity contribution in [1.29, 1.82) is 0 Å². The Morgan fingerprint density at radius 1 is 0.841 bits per heavy atom. The number of carbonyl (C=O) groups excluding carboxylic acids is 2. The summed E-state index contributed by atoms with van der Waals surface area (Å²) in [6, 6.07) is 28.4. The van der Waals surface area contributed by atoms with Crippen LogP contribution < -0.4 is 9.62 Å². The van der Waals surface area contributed by atoms with Gasteiger partial charge in [-0.05, 0) is 73.0 Å². The Labute approximate surface area is 266 Å². The molecule has 0 aliphatic carbocycles. The van der Waals surface area contributed by atoms with Crippen LogP contribution in [0, 0.1) is 5.82 Å². The Bertz CT molecular complexity index is 1640. The fourth-order valence-corrected chi connectivity index (χ4v) is 6.34. The van der Waals surface area contributed by atoms with Gasteiger partial charge in [-0.25, -0.2) is 12.8 Å². The van der Waals surface area contributed by atoms with E-state index in [2.05, 4.69) is 21.2 Å². The summed E-state index contributed by atoms with van der Waals surface area (Å²) in [6.45, 7) is 3.22. The van der Waals surface area contributed by atoms with Gasteiger partial charge in [0.2, 0.25) is 11.8 Å². The van der Waals surface area contributed by atoms with Crippen LogP contribution in [0.15, 0.2) is 119 Å². The minimum absolute atomic E-state index is 0.0242. The molecule has 2 amide bonds. The first-order valence-corrected chi connectivity index (χ1v) is 16.5. The molecule has 230 valence electrons. The fraction of sp³-hybridized carbons (Fsp3) is 0.235. The van der Waals surface area contributed by atoms with Crippen molar-refractivity contribution in [2.45, 2.75) is 50.2 Å². The smallest absolute Gasteiger partial charge is 0.264 e. The Morgan fingerprint density at radius 3 is 2.02 bits per heavy atom. The summed E-state index contributed by atoms with van der Waals surface area (Å²) in [6.07, 6.45) is 0.877. The number of amides is 2. The van der Waals surface area contributed by atoms with E-state index in [0.717, 1.165) is 14.3 Å². The lowest BCUT2D eigenvalue weighted by molar-refractivity contribution is -0.140. The van der Waals surface area contributed by atoms with Gasteiger partial charge in [-0.2, -0.15) is 0 Å². The highest BCUT2D eigenvalue weighted by Crippen LogP contribution is 2.26. The van der Waals surface area contributed by atoms with Crippen LogP contribution >= 0.6 is 15.9 Å². The quantitative estimate of drug-likeness (QED) is 0.179. The molecule has 1 N–H and O–H groups in total. The van der Waals surface area contributed by atoms with Crippen molar-refractivity contribution in [3.8, 4) is 0 Å². The second-order valence-electron chi connectivity index (χ2n) is 10.5. The number of nitrogens with one attached hydrogen (secondary N) is 1. The number of carbonyl (C=O) groups is 2. The minimum atomic E-state index is -4.18. The van der Waals surface area contributed by atoms with E-state index in [1.807, 2.05) is 44.2 Å². The zero-order valence-corrected chi connectivity index (χ0v) is 27.0. The van der Waals surface area contributed by atoms with Gasteiger partial charge >= 0.3 is 0 Å². The van der Waals surface area contributed by atoms with Gasteiger partial charge in [-0.3, -0.25) is 13.9 Å². The van der Waals surface area contributed by atoms with Crippen LogP contribution in [0.25, 0.3) is 0 Å². The number of rotatable bonds is 13. The van der Waals surface area contributed by atoms with Gasteiger partial charge in [0.1, 0.15) is 18.4 Å². The number of nitrogens with zero attached hydrogens (tertiary/aromatic N) is 2. The third-order valence-corrected chi connectivity index (χ3v) is 9.58. The second kappa shape index (κ2) is 15.1. The summed E-state index contributed by atoms with van der Waals surface area (Å²) in [7, 11) is -4.18. The summed E-state index contributed by atoms with van der Waals surface area (Å²) in [5, 5.41) is 3.00. The lowest BCUT2D eigenvalue weighted by Crippen LogP contribution is -2.54. The number of anilines is 1. The highest BCUT2D eigenvalue weighted by atomic mass is 79.9. The number of sulfonamides is 1. The summed E-state index contributed by atoms with van der Waals surface area (Å²) in [5.74, 6) is -1.38. The number of hydrogen-bond acceptors (Lipinski definition) is 4. The number of benzene rings is 4. The highest BCUT2D eigenvalue weighted by Gasteiger charge is 2.35. The fourth-order valence-electron chi connectivity index (χ4n) is 4.64. The van der Waals surface area contributed by atoms with E-state index in [4.69, 9.17) is 0 Å². The maximum absolute atomic E-state index is 14.4. The van der Waals surface area contributed by atoms with Crippen molar-refractivity contribution in [3.63, 3.8) is 0 Å². The molecule has 4 aromatic carbocycles. The Hall–Kier alpha value is -4.02. The van der Waals surface area contributed by atoms with E-state index in [1.165, 1.54) is 29.2 Å². The summed E-state index contributed by atoms with van der Waals surface area (Å²) < 4.78 is 43.5. The number of hydrogen-bond donors (Lipinski definition) is 1. The van der Waals surface area contributed by atoms with Crippen LogP contribution in [0.1, 0.15) is 31.4 Å². The molecule has 0 aromatic heterocycles. The monoisotopic (exact) mass is 679 g/mol. The van der Waals surface area contributed by atoms with Crippen LogP contribution in [0.3, 0.4) is 0 Å². The molecule has 0 aliphatic rings. The normalized spacial score (nSPS) is 12.6. The first-order valence-electron chi connectivity index (χ1n) is 14.3. The van der Waals surface area contributed by atoms with Gasteiger partial charge in [0.05, 0.1) is 10.6 Å². The molecule has 0 spiro atoms. The standard InChI is InChI=1S/C34H35BrFN3O4S/c1-3-25(2)37-34(41)32(22-26-10-6-4-7-11-26)38(23-27-14-18-29(36)19-15-27)33(40)24-39(30-20-16-28(35)17-21-30)44(42,43)31-12-8-5-9-13-31/h4-21,25,32H,3,22-24H2,1-2H3,(H,37,41)/t25-,32-/m0/s1. The molecule has 0 radical (unpaired) electrons. The van der Waals surface area contributed by atoms with Crippen molar-refractivity contribution < 1.29 is 22.4 Å². The van der Waals surface area contributed by atoms with E-state index in [-0.39, 0.29) is 35.5 Å². The van der Waals surface area contributed by atoms with Gasteiger partial charge in [0.25, 0.3) is 10.0 Å². The van der Waals surface area contributed by atoms with Gasteiger partial charge < -0.3 is 10.2 Å².